The van der Waals surface area contributed by atoms with Crippen molar-refractivity contribution in [2.24, 2.45) is 0 Å². The molecule has 1 saturated heterocycles. The van der Waals surface area contributed by atoms with Crippen LogP contribution in [-0.4, -0.2) is 26.5 Å². The monoisotopic (exact) mass is 273 g/mol. The van der Waals surface area contributed by atoms with Crippen molar-refractivity contribution in [2.75, 3.05) is 18.8 Å². The summed E-state index contributed by atoms with van der Waals surface area (Å²) >= 11 is 0. The topological polar surface area (TPSA) is 75.4 Å². The van der Waals surface area contributed by atoms with Gasteiger partial charge < -0.3 is 5.73 Å². The summed E-state index contributed by atoms with van der Waals surface area (Å²) in [6.07, 6.45) is 3.01. The number of sulfonamides is 1. The number of hydrogen-bond donors (Lipinski definition) is 2. The lowest BCUT2D eigenvalue weighted by molar-refractivity contribution is 0.200. The van der Waals surface area contributed by atoms with Gasteiger partial charge in [0, 0.05) is 18.8 Å². The lowest BCUT2D eigenvalue weighted by Gasteiger charge is -2.26. The maximum atomic E-state index is 13.2. The number of nitrogen functional groups attached to an aromatic ring is 1. The molecule has 0 aliphatic carbocycles. The van der Waals surface area contributed by atoms with Crippen molar-refractivity contribution in [2.45, 2.75) is 24.2 Å². The molecule has 0 aromatic heterocycles. The largest absolute Gasteiger partial charge is 0.399 e. The minimum atomic E-state index is -3.75. The van der Waals surface area contributed by atoms with Gasteiger partial charge in [0.15, 0.2) is 0 Å². The van der Waals surface area contributed by atoms with Gasteiger partial charge in [-0.3, -0.25) is 0 Å². The second kappa shape index (κ2) is 5.21. The number of hydrazine groups is 1. The number of benzene rings is 1. The van der Waals surface area contributed by atoms with Crippen LogP contribution < -0.4 is 10.6 Å². The van der Waals surface area contributed by atoms with Gasteiger partial charge in [0.2, 0.25) is 0 Å². The Bertz CT molecular complexity index is 507. The number of nitrogens with one attached hydrogen (secondary N) is 1. The molecule has 1 aromatic rings. The SMILES string of the molecule is Nc1cc(F)cc(S(=O)(=O)NN2CCCCC2)c1. The van der Waals surface area contributed by atoms with Crippen LogP contribution in [0.1, 0.15) is 19.3 Å². The van der Waals surface area contributed by atoms with Gasteiger partial charge in [-0.2, -0.15) is 0 Å². The van der Waals surface area contributed by atoms with Crippen molar-refractivity contribution < 1.29 is 12.8 Å². The number of halogens is 1. The molecule has 1 aliphatic rings. The van der Waals surface area contributed by atoms with Crippen molar-refractivity contribution in [1.82, 2.24) is 9.84 Å². The molecule has 3 N–H and O–H groups in total. The third-order valence-electron chi connectivity index (χ3n) is 2.81. The number of rotatable bonds is 3. The molecule has 2 rings (SSSR count). The van der Waals surface area contributed by atoms with E-state index in [0.29, 0.717) is 13.1 Å². The van der Waals surface area contributed by atoms with Crippen molar-refractivity contribution in [3.63, 3.8) is 0 Å². The van der Waals surface area contributed by atoms with Crippen molar-refractivity contribution in [3.05, 3.63) is 24.0 Å². The molecule has 0 bridgehead atoms. The quantitative estimate of drug-likeness (QED) is 0.808. The minimum absolute atomic E-state index is 0.0917. The summed E-state index contributed by atoms with van der Waals surface area (Å²) in [6, 6.07) is 3.29. The molecule has 0 unspecified atom stereocenters. The second-order valence-electron chi connectivity index (χ2n) is 4.36. The summed E-state index contributed by atoms with van der Waals surface area (Å²) in [4.78, 5) is 2.30. The minimum Gasteiger partial charge on any atom is -0.399 e. The lowest BCUT2D eigenvalue weighted by Crippen LogP contribution is -2.44. The zero-order chi connectivity index (χ0) is 13.2. The van der Waals surface area contributed by atoms with E-state index >= 15 is 0 Å². The highest BCUT2D eigenvalue weighted by atomic mass is 32.2. The number of hydrogen-bond acceptors (Lipinski definition) is 4. The fourth-order valence-corrected chi connectivity index (χ4v) is 3.13. The Kier molecular flexibility index (Phi) is 3.84. The first kappa shape index (κ1) is 13.3. The Balaban J connectivity index is 2.19. The van der Waals surface area contributed by atoms with Gasteiger partial charge in [-0.15, -0.1) is 4.83 Å². The first-order valence-corrected chi connectivity index (χ1v) is 7.29. The van der Waals surface area contributed by atoms with Gasteiger partial charge in [0.25, 0.3) is 10.0 Å². The van der Waals surface area contributed by atoms with E-state index in [1.54, 1.807) is 5.01 Å². The molecule has 18 heavy (non-hydrogen) atoms. The molecule has 1 heterocycles. The summed E-state index contributed by atoms with van der Waals surface area (Å²) in [5.41, 5.74) is 5.54. The molecule has 1 fully saturated rings. The highest BCUT2D eigenvalue weighted by molar-refractivity contribution is 7.89. The highest BCUT2D eigenvalue weighted by Gasteiger charge is 2.20. The summed E-state index contributed by atoms with van der Waals surface area (Å²) in [5, 5.41) is 1.64. The number of nitrogens with two attached hydrogens (primary N) is 1. The van der Waals surface area contributed by atoms with Crippen LogP contribution in [0.3, 0.4) is 0 Å². The standard InChI is InChI=1S/C11H16FN3O2S/c12-9-6-10(13)8-11(7-9)18(16,17)14-15-4-2-1-3-5-15/h6-8,14H,1-5,13H2. The molecule has 1 aliphatic heterocycles. The molecule has 100 valence electrons. The van der Waals surface area contributed by atoms with E-state index < -0.39 is 15.8 Å². The van der Waals surface area contributed by atoms with E-state index in [-0.39, 0.29) is 10.6 Å². The van der Waals surface area contributed by atoms with Crippen LogP contribution >= 0.6 is 0 Å². The molecule has 1 aromatic carbocycles. The van der Waals surface area contributed by atoms with Crippen molar-refractivity contribution >= 4 is 15.7 Å². The normalized spacial score (nSPS) is 17.8. The fourth-order valence-electron chi connectivity index (χ4n) is 1.95. The summed E-state index contributed by atoms with van der Waals surface area (Å²) < 4.78 is 37.2. The van der Waals surface area contributed by atoms with E-state index in [1.807, 2.05) is 0 Å². The van der Waals surface area contributed by atoms with Gasteiger partial charge in [-0.05, 0) is 31.0 Å². The van der Waals surface area contributed by atoms with Gasteiger partial charge in [0.05, 0.1) is 4.90 Å². The van der Waals surface area contributed by atoms with E-state index in [2.05, 4.69) is 4.83 Å². The third kappa shape index (κ3) is 3.18. The zero-order valence-corrected chi connectivity index (χ0v) is 10.7. The van der Waals surface area contributed by atoms with Crippen LogP contribution in [0.2, 0.25) is 0 Å². The Labute approximate surface area is 106 Å². The maximum absolute atomic E-state index is 13.2. The van der Waals surface area contributed by atoms with Crippen LogP contribution in [0.5, 0.6) is 0 Å². The number of piperidine rings is 1. The van der Waals surface area contributed by atoms with Gasteiger partial charge >= 0.3 is 0 Å². The molecule has 0 radical (unpaired) electrons. The molecule has 0 spiro atoms. The van der Waals surface area contributed by atoms with Crippen molar-refractivity contribution in [1.29, 1.82) is 0 Å². The predicted octanol–water partition coefficient (Wildman–Crippen LogP) is 1.09. The third-order valence-corrected chi connectivity index (χ3v) is 4.16. The van der Waals surface area contributed by atoms with E-state index in [4.69, 9.17) is 5.73 Å². The predicted molar refractivity (Wildman–Crippen MR) is 66.6 cm³/mol. The van der Waals surface area contributed by atoms with E-state index in [0.717, 1.165) is 31.4 Å². The highest BCUT2D eigenvalue weighted by Crippen LogP contribution is 2.17. The van der Waals surface area contributed by atoms with E-state index in [9.17, 15) is 12.8 Å². The number of anilines is 1. The van der Waals surface area contributed by atoms with Gasteiger partial charge in [0.1, 0.15) is 5.82 Å². The van der Waals surface area contributed by atoms with Gasteiger partial charge in [-0.1, -0.05) is 6.42 Å². The first-order valence-electron chi connectivity index (χ1n) is 5.81. The second-order valence-corrected chi connectivity index (χ2v) is 6.02. The molecule has 5 nitrogen and oxygen atoms in total. The fraction of sp³-hybridized carbons (Fsp3) is 0.455. The van der Waals surface area contributed by atoms with Crippen LogP contribution in [0.4, 0.5) is 10.1 Å². The average molecular weight is 273 g/mol. The summed E-state index contributed by atoms with van der Waals surface area (Å²) in [7, 11) is -3.75. The van der Waals surface area contributed by atoms with Crippen LogP contribution in [0.25, 0.3) is 0 Å². The molecular formula is C11H16FN3O2S. The first-order chi connectivity index (χ1) is 8.47. The lowest BCUT2D eigenvalue weighted by atomic mass is 10.2. The molecule has 7 heteroatoms. The molecule has 0 atom stereocenters. The van der Waals surface area contributed by atoms with Gasteiger partial charge in [-0.25, -0.2) is 17.8 Å². The van der Waals surface area contributed by atoms with Crippen molar-refractivity contribution in [3.8, 4) is 0 Å². The summed E-state index contributed by atoms with van der Waals surface area (Å²) in [5.74, 6) is -0.658. The smallest absolute Gasteiger partial charge is 0.253 e. The van der Waals surface area contributed by atoms with Crippen LogP contribution in [0, 0.1) is 5.82 Å². The molecule has 0 saturated carbocycles. The van der Waals surface area contributed by atoms with Crippen LogP contribution in [-0.2, 0) is 10.0 Å². The Morgan fingerprint density at radius 1 is 1.17 bits per heavy atom. The average Bonchev–Trinajstić information content (AvgIpc) is 2.28. The maximum Gasteiger partial charge on any atom is 0.253 e. The molecule has 0 amide bonds. The van der Waals surface area contributed by atoms with Crippen LogP contribution in [0.15, 0.2) is 23.1 Å². The number of nitrogens with zero attached hydrogens (tertiary/aromatic N) is 1. The Morgan fingerprint density at radius 3 is 2.44 bits per heavy atom. The Hall–Kier alpha value is -1.18. The van der Waals surface area contributed by atoms with E-state index in [1.165, 1.54) is 6.07 Å². The molecular weight excluding hydrogens is 257 g/mol. The Morgan fingerprint density at radius 2 is 1.83 bits per heavy atom. The summed E-state index contributed by atoms with van der Waals surface area (Å²) in [6.45, 7) is 1.34. The zero-order valence-electron chi connectivity index (χ0n) is 9.89.